The van der Waals surface area contributed by atoms with Crippen LogP contribution in [-0.2, 0) is 0 Å². The molecule has 0 radical (unpaired) electrons. The highest BCUT2D eigenvalue weighted by atomic mass is 35.5. The third kappa shape index (κ3) is 6.91. The van der Waals surface area contributed by atoms with Crippen LogP contribution < -0.4 is 15.4 Å². The molecule has 2 N–H and O–H groups in total. The van der Waals surface area contributed by atoms with Crippen molar-refractivity contribution in [3.05, 3.63) is 22.2 Å². The lowest BCUT2D eigenvalue weighted by Gasteiger charge is -2.22. The first-order valence-electron chi connectivity index (χ1n) is 7.94. The van der Waals surface area contributed by atoms with E-state index < -0.39 is 5.54 Å². The van der Waals surface area contributed by atoms with E-state index in [0.717, 1.165) is 31.6 Å². The van der Waals surface area contributed by atoms with Crippen molar-refractivity contribution in [3.63, 3.8) is 0 Å². The van der Waals surface area contributed by atoms with Gasteiger partial charge in [0.1, 0.15) is 0 Å². The summed E-state index contributed by atoms with van der Waals surface area (Å²) in [4.78, 5) is 2.19. The SMILES string of the molecule is CCN(CC)c1cc(Cl)c(OCCCC#CC(C)(C)N)c(Cl)c1. The Morgan fingerprint density at radius 2 is 1.74 bits per heavy atom. The van der Waals surface area contributed by atoms with Crippen LogP contribution in [0.15, 0.2) is 12.1 Å². The number of benzene rings is 1. The molecule has 128 valence electrons. The van der Waals surface area contributed by atoms with Crippen molar-refractivity contribution < 1.29 is 4.74 Å². The molecule has 23 heavy (non-hydrogen) atoms. The van der Waals surface area contributed by atoms with Crippen molar-refractivity contribution in [1.82, 2.24) is 0 Å². The molecule has 0 fully saturated rings. The topological polar surface area (TPSA) is 38.5 Å². The van der Waals surface area contributed by atoms with Gasteiger partial charge in [-0.3, -0.25) is 0 Å². The highest BCUT2D eigenvalue weighted by Gasteiger charge is 2.12. The quantitative estimate of drug-likeness (QED) is 0.566. The molecule has 5 heteroatoms. The van der Waals surface area contributed by atoms with Crippen molar-refractivity contribution in [1.29, 1.82) is 0 Å². The van der Waals surface area contributed by atoms with Crippen LogP contribution in [0.1, 0.15) is 40.5 Å². The van der Waals surface area contributed by atoms with Crippen molar-refractivity contribution in [2.75, 3.05) is 24.6 Å². The van der Waals surface area contributed by atoms with Crippen LogP contribution in [0, 0.1) is 11.8 Å². The van der Waals surface area contributed by atoms with Gasteiger partial charge in [0, 0.05) is 25.2 Å². The number of nitrogens with two attached hydrogens (primary N) is 1. The molecule has 0 aromatic heterocycles. The molecule has 0 bridgehead atoms. The van der Waals surface area contributed by atoms with E-state index in [2.05, 4.69) is 30.6 Å². The molecule has 0 saturated carbocycles. The van der Waals surface area contributed by atoms with Gasteiger partial charge in [-0.15, -0.1) is 5.92 Å². The molecule has 0 atom stereocenters. The zero-order valence-electron chi connectivity index (χ0n) is 14.4. The van der Waals surface area contributed by atoms with E-state index in [9.17, 15) is 0 Å². The summed E-state index contributed by atoms with van der Waals surface area (Å²) in [5.41, 5.74) is 6.36. The summed E-state index contributed by atoms with van der Waals surface area (Å²) in [5, 5.41) is 1.07. The first-order valence-corrected chi connectivity index (χ1v) is 8.69. The molecule has 3 nitrogen and oxygen atoms in total. The average Bonchev–Trinajstić information content (AvgIpc) is 2.45. The number of ether oxygens (including phenoxy) is 1. The first kappa shape index (κ1) is 20.0. The van der Waals surface area contributed by atoms with Gasteiger partial charge in [0.25, 0.3) is 0 Å². The maximum Gasteiger partial charge on any atom is 0.156 e. The van der Waals surface area contributed by atoms with Crippen LogP contribution in [0.3, 0.4) is 0 Å². The molecule has 0 aliphatic heterocycles. The van der Waals surface area contributed by atoms with Gasteiger partial charge in [-0.2, -0.15) is 0 Å². The Morgan fingerprint density at radius 1 is 1.17 bits per heavy atom. The summed E-state index contributed by atoms with van der Waals surface area (Å²) in [6.07, 6.45) is 1.53. The van der Waals surface area contributed by atoms with E-state index in [1.165, 1.54) is 0 Å². The number of nitrogens with zero attached hydrogens (tertiary/aromatic N) is 1. The van der Waals surface area contributed by atoms with E-state index in [-0.39, 0.29) is 0 Å². The van der Waals surface area contributed by atoms with Crippen molar-refractivity contribution in [3.8, 4) is 17.6 Å². The van der Waals surface area contributed by atoms with Crippen LogP contribution in [-0.4, -0.2) is 25.2 Å². The normalized spacial score (nSPS) is 10.9. The smallest absolute Gasteiger partial charge is 0.156 e. The second-order valence-electron chi connectivity index (χ2n) is 5.89. The minimum absolute atomic E-state index is 0.451. The largest absolute Gasteiger partial charge is 0.490 e. The van der Waals surface area contributed by atoms with E-state index in [1.54, 1.807) is 0 Å². The number of rotatable bonds is 7. The number of unbranched alkanes of at least 4 members (excludes halogenated alkanes) is 1. The van der Waals surface area contributed by atoms with E-state index in [0.29, 0.717) is 22.4 Å². The lowest BCUT2D eigenvalue weighted by atomic mass is 10.1. The molecule has 1 aromatic rings. The van der Waals surface area contributed by atoms with E-state index >= 15 is 0 Å². The molecule has 0 saturated heterocycles. The zero-order valence-corrected chi connectivity index (χ0v) is 15.9. The third-order valence-electron chi connectivity index (χ3n) is 3.21. The average molecular weight is 357 g/mol. The molecule has 0 heterocycles. The van der Waals surface area contributed by atoms with Crippen LogP contribution in [0.4, 0.5) is 5.69 Å². The molecular weight excluding hydrogens is 331 g/mol. The van der Waals surface area contributed by atoms with Gasteiger partial charge in [0.15, 0.2) is 5.75 Å². The summed E-state index contributed by atoms with van der Waals surface area (Å²) in [5.74, 6) is 6.58. The minimum Gasteiger partial charge on any atom is -0.490 e. The summed E-state index contributed by atoms with van der Waals surface area (Å²) in [6, 6.07) is 3.79. The second kappa shape index (κ2) is 9.27. The Bertz CT molecular complexity index is 544. The maximum atomic E-state index is 6.31. The molecule has 0 spiro atoms. The van der Waals surface area contributed by atoms with Gasteiger partial charge in [-0.1, -0.05) is 29.1 Å². The molecule has 0 unspecified atom stereocenters. The summed E-state index contributed by atoms with van der Waals surface area (Å²) >= 11 is 12.6. The Labute approximate surface area is 150 Å². The van der Waals surface area contributed by atoms with Gasteiger partial charge >= 0.3 is 0 Å². The van der Waals surface area contributed by atoms with Gasteiger partial charge < -0.3 is 15.4 Å². The number of anilines is 1. The molecule has 0 aliphatic rings. The Balaban J connectivity index is 2.62. The molecule has 0 amide bonds. The predicted octanol–water partition coefficient (Wildman–Crippen LogP) is 4.74. The van der Waals surface area contributed by atoms with Crippen molar-refractivity contribution in [2.45, 2.75) is 46.1 Å². The van der Waals surface area contributed by atoms with E-state index in [1.807, 2.05) is 26.0 Å². The predicted molar refractivity (Wildman–Crippen MR) is 101 cm³/mol. The van der Waals surface area contributed by atoms with Crippen LogP contribution >= 0.6 is 23.2 Å². The highest BCUT2D eigenvalue weighted by Crippen LogP contribution is 2.37. The van der Waals surface area contributed by atoms with Crippen LogP contribution in [0.25, 0.3) is 0 Å². The maximum absolute atomic E-state index is 6.31. The monoisotopic (exact) mass is 356 g/mol. The van der Waals surface area contributed by atoms with Gasteiger partial charge in [-0.25, -0.2) is 0 Å². The van der Waals surface area contributed by atoms with Crippen LogP contribution in [0.5, 0.6) is 5.75 Å². The zero-order chi connectivity index (χ0) is 17.5. The van der Waals surface area contributed by atoms with Crippen molar-refractivity contribution >= 4 is 28.9 Å². The fourth-order valence-electron chi connectivity index (χ4n) is 2.08. The number of halogens is 2. The summed E-state index contributed by atoms with van der Waals surface area (Å²) < 4.78 is 5.72. The van der Waals surface area contributed by atoms with Gasteiger partial charge in [-0.05, 0) is 46.2 Å². The Hall–Kier alpha value is -1.08. The molecule has 1 rings (SSSR count). The Kier molecular flexibility index (Phi) is 8.05. The molecular formula is C18H26Cl2N2O. The first-order chi connectivity index (χ1) is 10.8. The molecule has 1 aromatic carbocycles. The Morgan fingerprint density at radius 3 is 2.22 bits per heavy atom. The van der Waals surface area contributed by atoms with Gasteiger partial charge in [0.05, 0.1) is 22.2 Å². The lowest BCUT2D eigenvalue weighted by Crippen LogP contribution is -2.29. The lowest BCUT2D eigenvalue weighted by molar-refractivity contribution is 0.313. The third-order valence-corrected chi connectivity index (χ3v) is 3.78. The van der Waals surface area contributed by atoms with E-state index in [4.69, 9.17) is 33.7 Å². The van der Waals surface area contributed by atoms with Gasteiger partial charge in [0.2, 0.25) is 0 Å². The number of hydrogen-bond donors (Lipinski definition) is 1. The fourth-order valence-corrected chi connectivity index (χ4v) is 2.67. The standard InChI is InChI=1S/C18H26Cl2N2O/c1-5-22(6-2)14-12-15(19)17(16(20)13-14)23-11-9-7-8-10-18(3,4)21/h12-13H,5-7,9,11,21H2,1-4H3. The number of hydrogen-bond acceptors (Lipinski definition) is 3. The summed E-state index contributed by atoms with van der Waals surface area (Å²) in [6.45, 7) is 10.3. The summed E-state index contributed by atoms with van der Waals surface area (Å²) in [7, 11) is 0. The van der Waals surface area contributed by atoms with Crippen molar-refractivity contribution in [2.24, 2.45) is 5.73 Å². The minimum atomic E-state index is -0.451. The second-order valence-corrected chi connectivity index (χ2v) is 6.70. The molecule has 0 aliphatic carbocycles. The van der Waals surface area contributed by atoms with Crippen LogP contribution in [0.2, 0.25) is 10.0 Å². The fraction of sp³-hybridized carbons (Fsp3) is 0.556. The highest BCUT2D eigenvalue weighted by molar-refractivity contribution is 6.37.